The fraction of sp³-hybridized carbons (Fsp3) is 0.667. The van der Waals surface area contributed by atoms with Crippen LogP contribution in [-0.4, -0.2) is 36.5 Å². The molecule has 0 saturated carbocycles. The zero-order valence-electron chi connectivity index (χ0n) is 18.3. The Morgan fingerprint density at radius 1 is 1.21 bits per heavy atom. The number of carbonyl (C=O) groups is 2. The summed E-state index contributed by atoms with van der Waals surface area (Å²) < 4.78 is 5.97. The van der Waals surface area contributed by atoms with Gasteiger partial charge in [-0.15, -0.1) is 0 Å². The molecule has 0 radical (unpaired) electrons. The van der Waals surface area contributed by atoms with E-state index in [1.54, 1.807) is 0 Å². The van der Waals surface area contributed by atoms with E-state index in [0.717, 1.165) is 38.0 Å². The number of aryl methyl sites for hydroxylation is 1. The van der Waals surface area contributed by atoms with Crippen molar-refractivity contribution in [3.8, 4) is 5.75 Å². The summed E-state index contributed by atoms with van der Waals surface area (Å²) in [6.07, 6.45) is 4.93. The Labute approximate surface area is 174 Å². The van der Waals surface area contributed by atoms with Gasteiger partial charge < -0.3 is 19.5 Å². The monoisotopic (exact) mass is 400 g/mol. The standard InChI is InChI=1S/C24H35NO4/c1-5-12-29-22-13-15(2)20-7-6-19(14-21(20)17(22)4)16(3)23(26)25-10-8-18(9-11-25)24(27)28/h13,16,18-19H,5-12,14H2,1-4H3,(H,27,28)/p-1/t16-,19+/m0/s1. The summed E-state index contributed by atoms with van der Waals surface area (Å²) in [4.78, 5) is 26.0. The van der Waals surface area contributed by atoms with Crippen molar-refractivity contribution in [2.75, 3.05) is 19.7 Å². The van der Waals surface area contributed by atoms with E-state index in [-0.39, 0.29) is 11.8 Å². The Hall–Kier alpha value is -2.04. The van der Waals surface area contributed by atoms with Gasteiger partial charge in [0, 0.05) is 30.9 Å². The van der Waals surface area contributed by atoms with Crippen LogP contribution in [0.25, 0.3) is 0 Å². The number of benzene rings is 1. The topological polar surface area (TPSA) is 69.7 Å². The fourth-order valence-electron chi connectivity index (χ4n) is 4.94. The van der Waals surface area contributed by atoms with E-state index in [2.05, 4.69) is 26.8 Å². The van der Waals surface area contributed by atoms with E-state index in [1.165, 1.54) is 22.3 Å². The number of fused-ring (bicyclic) bond motifs is 1. The quantitative estimate of drug-likeness (QED) is 0.736. The fourth-order valence-corrected chi connectivity index (χ4v) is 4.94. The van der Waals surface area contributed by atoms with Gasteiger partial charge in [-0.1, -0.05) is 13.8 Å². The summed E-state index contributed by atoms with van der Waals surface area (Å²) in [5.74, 6) is 0.00936. The van der Waals surface area contributed by atoms with Crippen molar-refractivity contribution in [3.63, 3.8) is 0 Å². The second-order valence-corrected chi connectivity index (χ2v) is 8.83. The molecule has 2 aliphatic rings. The first kappa shape index (κ1) is 21.7. The minimum Gasteiger partial charge on any atom is -0.550 e. The third-order valence-electron chi connectivity index (χ3n) is 6.94. The molecule has 2 atom stereocenters. The van der Waals surface area contributed by atoms with Gasteiger partial charge in [0.05, 0.1) is 6.61 Å². The molecule has 0 N–H and O–H groups in total. The number of ether oxygens (including phenoxy) is 1. The molecule has 1 fully saturated rings. The number of rotatable bonds is 6. The number of nitrogens with zero attached hydrogens (tertiary/aromatic N) is 1. The molecule has 1 amide bonds. The lowest BCUT2D eigenvalue weighted by molar-refractivity contribution is -0.312. The number of aliphatic carboxylic acids is 1. The lowest BCUT2D eigenvalue weighted by Crippen LogP contribution is -2.46. The number of amides is 1. The summed E-state index contributed by atoms with van der Waals surface area (Å²) in [5.41, 5.74) is 5.30. The normalized spacial score (nSPS) is 20.8. The van der Waals surface area contributed by atoms with Crippen LogP contribution in [0.15, 0.2) is 6.07 Å². The molecule has 0 bridgehead atoms. The molecule has 1 aliphatic carbocycles. The number of hydrogen-bond donors (Lipinski definition) is 0. The molecule has 1 aromatic carbocycles. The largest absolute Gasteiger partial charge is 0.550 e. The molecule has 3 rings (SSSR count). The van der Waals surface area contributed by atoms with Crippen LogP contribution >= 0.6 is 0 Å². The number of hydrogen-bond acceptors (Lipinski definition) is 4. The van der Waals surface area contributed by atoms with E-state index >= 15 is 0 Å². The highest BCUT2D eigenvalue weighted by Crippen LogP contribution is 2.38. The summed E-state index contributed by atoms with van der Waals surface area (Å²) in [7, 11) is 0. The molecule has 5 nitrogen and oxygen atoms in total. The summed E-state index contributed by atoms with van der Waals surface area (Å²) in [6.45, 7) is 10.2. The van der Waals surface area contributed by atoms with Crippen LogP contribution in [0.3, 0.4) is 0 Å². The molecular weight excluding hydrogens is 366 g/mol. The average Bonchev–Trinajstić information content (AvgIpc) is 2.73. The van der Waals surface area contributed by atoms with Crippen LogP contribution in [0, 0.1) is 31.6 Å². The highest BCUT2D eigenvalue weighted by atomic mass is 16.5. The smallest absolute Gasteiger partial charge is 0.225 e. The van der Waals surface area contributed by atoms with Crippen LogP contribution in [0.5, 0.6) is 5.75 Å². The second kappa shape index (κ2) is 9.19. The molecule has 29 heavy (non-hydrogen) atoms. The van der Waals surface area contributed by atoms with Crippen LogP contribution in [0.4, 0.5) is 0 Å². The SMILES string of the molecule is CCCOc1cc(C)c2c(c1C)C[C@H]([C@H](C)C(=O)N1CCC(C(=O)[O-])CC1)CC2. The first-order chi connectivity index (χ1) is 13.8. The number of carboxylic acids is 1. The van der Waals surface area contributed by atoms with Crippen molar-refractivity contribution in [1.82, 2.24) is 4.90 Å². The minimum absolute atomic E-state index is 0.0532. The van der Waals surface area contributed by atoms with Gasteiger partial charge in [0.2, 0.25) is 5.91 Å². The average molecular weight is 401 g/mol. The van der Waals surface area contributed by atoms with Gasteiger partial charge in [-0.25, -0.2) is 0 Å². The predicted molar refractivity (Wildman–Crippen MR) is 111 cm³/mol. The molecule has 1 saturated heterocycles. The lowest BCUT2D eigenvalue weighted by Gasteiger charge is -2.37. The molecule has 160 valence electrons. The Morgan fingerprint density at radius 2 is 1.90 bits per heavy atom. The van der Waals surface area contributed by atoms with Crippen molar-refractivity contribution in [2.45, 2.75) is 66.2 Å². The van der Waals surface area contributed by atoms with Crippen molar-refractivity contribution in [3.05, 3.63) is 28.3 Å². The highest BCUT2D eigenvalue weighted by Gasteiger charge is 2.33. The van der Waals surface area contributed by atoms with Crippen LogP contribution in [0.1, 0.15) is 61.8 Å². The Bertz CT molecular complexity index is 765. The number of carboxylic acid groups (broad SMARTS) is 1. The Kier molecular flexibility index (Phi) is 6.86. The van der Waals surface area contributed by atoms with Crippen LogP contribution in [0.2, 0.25) is 0 Å². The van der Waals surface area contributed by atoms with E-state index in [9.17, 15) is 14.7 Å². The molecule has 0 spiro atoms. The number of piperidine rings is 1. The molecule has 5 heteroatoms. The summed E-state index contributed by atoms with van der Waals surface area (Å²) in [5, 5.41) is 11.1. The maximum Gasteiger partial charge on any atom is 0.225 e. The van der Waals surface area contributed by atoms with Crippen molar-refractivity contribution in [1.29, 1.82) is 0 Å². The summed E-state index contributed by atoms with van der Waals surface area (Å²) in [6, 6.07) is 2.17. The second-order valence-electron chi connectivity index (χ2n) is 8.83. The van der Waals surface area contributed by atoms with Crippen molar-refractivity contribution < 1.29 is 19.4 Å². The third kappa shape index (κ3) is 4.59. The van der Waals surface area contributed by atoms with Crippen LogP contribution < -0.4 is 9.84 Å². The molecular formula is C24H34NO4-. The summed E-state index contributed by atoms with van der Waals surface area (Å²) >= 11 is 0. The van der Waals surface area contributed by atoms with Crippen molar-refractivity contribution in [2.24, 2.45) is 17.8 Å². The van der Waals surface area contributed by atoms with Gasteiger partial charge in [0.25, 0.3) is 0 Å². The molecule has 1 aliphatic heterocycles. The Morgan fingerprint density at radius 3 is 2.52 bits per heavy atom. The van der Waals surface area contributed by atoms with Gasteiger partial charge >= 0.3 is 0 Å². The number of likely N-dealkylation sites (tertiary alicyclic amines) is 1. The maximum absolute atomic E-state index is 13.1. The zero-order valence-corrected chi connectivity index (χ0v) is 18.3. The molecule has 0 unspecified atom stereocenters. The molecule has 1 heterocycles. The maximum atomic E-state index is 13.1. The van der Waals surface area contributed by atoms with Gasteiger partial charge in [-0.05, 0) is 86.6 Å². The first-order valence-corrected chi connectivity index (χ1v) is 11.1. The Balaban J connectivity index is 1.70. The van der Waals surface area contributed by atoms with Gasteiger partial charge in [-0.2, -0.15) is 0 Å². The first-order valence-electron chi connectivity index (χ1n) is 11.1. The van der Waals surface area contributed by atoms with Gasteiger partial charge in [0.1, 0.15) is 5.75 Å². The third-order valence-corrected chi connectivity index (χ3v) is 6.94. The molecule has 1 aromatic rings. The van der Waals surface area contributed by atoms with E-state index in [0.29, 0.717) is 31.8 Å². The van der Waals surface area contributed by atoms with Gasteiger partial charge in [0.15, 0.2) is 0 Å². The van der Waals surface area contributed by atoms with E-state index < -0.39 is 11.9 Å². The molecule has 0 aromatic heterocycles. The highest BCUT2D eigenvalue weighted by molar-refractivity contribution is 5.79. The van der Waals surface area contributed by atoms with Crippen LogP contribution in [-0.2, 0) is 22.4 Å². The lowest BCUT2D eigenvalue weighted by atomic mass is 9.74. The van der Waals surface area contributed by atoms with Crippen molar-refractivity contribution >= 4 is 11.9 Å². The predicted octanol–water partition coefficient (Wildman–Crippen LogP) is 2.82. The zero-order chi connectivity index (χ0) is 21.1. The number of carbonyl (C=O) groups excluding carboxylic acids is 2. The minimum atomic E-state index is -0.985. The van der Waals surface area contributed by atoms with Gasteiger partial charge in [-0.3, -0.25) is 4.79 Å². The van der Waals surface area contributed by atoms with E-state index in [4.69, 9.17) is 4.74 Å². The van der Waals surface area contributed by atoms with E-state index in [1.807, 2.05) is 11.8 Å².